The van der Waals surface area contributed by atoms with E-state index >= 15 is 0 Å². The lowest BCUT2D eigenvalue weighted by Gasteiger charge is -2.28. The largest absolute Gasteiger partial charge is 0.354 e. The molecule has 2 atom stereocenters. The van der Waals surface area contributed by atoms with Crippen molar-refractivity contribution in [3.63, 3.8) is 0 Å². The highest BCUT2D eigenvalue weighted by atomic mass is 16.1. The Morgan fingerprint density at radius 2 is 1.88 bits per heavy atom. The van der Waals surface area contributed by atoms with Crippen LogP contribution in [0.5, 0.6) is 0 Å². The molecule has 34 heavy (non-hydrogen) atoms. The third-order valence-electron chi connectivity index (χ3n) is 7.53. The molecule has 0 radical (unpaired) electrons. The summed E-state index contributed by atoms with van der Waals surface area (Å²) in [7, 11) is 0. The van der Waals surface area contributed by atoms with Crippen molar-refractivity contribution in [1.29, 1.82) is 0 Å². The Morgan fingerprint density at radius 3 is 2.71 bits per heavy atom. The zero-order chi connectivity index (χ0) is 22.8. The van der Waals surface area contributed by atoms with Gasteiger partial charge in [0, 0.05) is 43.5 Å². The Kier molecular flexibility index (Phi) is 4.29. The Balaban J connectivity index is 1.31. The SMILES string of the molecule is Cc1cccc2c1C1CC(NC2=O)c2nc3ccc(-c4ccc(N5CCNCC5)nc4)cc3n21. The predicted octanol–water partition coefficient (Wildman–Crippen LogP) is 3.59. The number of aromatic nitrogens is 3. The maximum atomic E-state index is 12.9. The maximum Gasteiger partial charge on any atom is 0.252 e. The molecule has 1 saturated heterocycles. The first-order valence-electron chi connectivity index (χ1n) is 12.0. The number of carbonyl (C=O) groups excluding carboxylic acids is 1. The average Bonchev–Trinajstić information content (AvgIpc) is 3.36. The summed E-state index contributed by atoms with van der Waals surface area (Å²) in [5.74, 6) is 1.98. The zero-order valence-electron chi connectivity index (χ0n) is 19.1. The van der Waals surface area contributed by atoms with Gasteiger partial charge in [-0.15, -0.1) is 0 Å². The molecule has 0 saturated carbocycles. The molecule has 0 spiro atoms. The van der Waals surface area contributed by atoms with Gasteiger partial charge in [0.2, 0.25) is 0 Å². The molecule has 3 aliphatic rings. The molecule has 2 unspecified atom stereocenters. The molecule has 5 heterocycles. The van der Waals surface area contributed by atoms with Gasteiger partial charge >= 0.3 is 0 Å². The molecule has 2 N–H and O–H groups in total. The van der Waals surface area contributed by atoms with Gasteiger partial charge in [-0.2, -0.15) is 0 Å². The molecule has 7 nitrogen and oxygen atoms in total. The molecule has 170 valence electrons. The molecule has 2 bridgehead atoms. The van der Waals surface area contributed by atoms with Crippen LogP contribution in [-0.2, 0) is 0 Å². The van der Waals surface area contributed by atoms with E-state index in [0.717, 1.165) is 83.1 Å². The van der Waals surface area contributed by atoms with Gasteiger partial charge in [-0.1, -0.05) is 18.2 Å². The number of hydrogen-bond acceptors (Lipinski definition) is 5. The number of rotatable bonds is 2. The number of nitrogens with zero attached hydrogens (tertiary/aromatic N) is 4. The van der Waals surface area contributed by atoms with Crippen LogP contribution in [0.25, 0.3) is 22.2 Å². The van der Waals surface area contributed by atoms with Gasteiger partial charge in [0.05, 0.1) is 23.1 Å². The minimum Gasteiger partial charge on any atom is -0.354 e. The molecule has 7 rings (SSSR count). The average molecular weight is 451 g/mol. The third kappa shape index (κ3) is 2.90. The number of hydrogen-bond donors (Lipinski definition) is 2. The van der Waals surface area contributed by atoms with Crippen LogP contribution in [0, 0.1) is 6.92 Å². The summed E-state index contributed by atoms with van der Waals surface area (Å²) in [6.07, 6.45) is 2.82. The fraction of sp³-hybridized carbons (Fsp3) is 0.296. The van der Waals surface area contributed by atoms with E-state index in [-0.39, 0.29) is 18.0 Å². The topological polar surface area (TPSA) is 75.1 Å². The van der Waals surface area contributed by atoms with Crippen molar-refractivity contribution in [2.24, 2.45) is 0 Å². The first-order chi connectivity index (χ1) is 16.7. The minimum atomic E-state index is -0.0693. The molecule has 1 fully saturated rings. The molecule has 0 aliphatic carbocycles. The number of anilines is 1. The Morgan fingerprint density at radius 1 is 1.03 bits per heavy atom. The van der Waals surface area contributed by atoms with Crippen LogP contribution in [0.2, 0.25) is 0 Å². The summed E-state index contributed by atoms with van der Waals surface area (Å²) < 4.78 is 2.34. The van der Waals surface area contributed by atoms with Gasteiger partial charge in [0.15, 0.2) is 0 Å². The monoisotopic (exact) mass is 450 g/mol. The number of piperazine rings is 1. The van der Waals surface area contributed by atoms with Gasteiger partial charge in [0.25, 0.3) is 5.91 Å². The number of aryl methyl sites for hydroxylation is 1. The highest BCUT2D eigenvalue weighted by Crippen LogP contribution is 2.45. The second-order valence-corrected chi connectivity index (χ2v) is 9.50. The number of pyridine rings is 1. The summed E-state index contributed by atoms with van der Waals surface area (Å²) in [6.45, 7) is 6.07. The van der Waals surface area contributed by atoms with Gasteiger partial charge in [0.1, 0.15) is 11.6 Å². The van der Waals surface area contributed by atoms with Crippen LogP contribution < -0.4 is 15.5 Å². The Hall–Kier alpha value is -3.71. The van der Waals surface area contributed by atoms with Gasteiger partial charge in [-0.05, 0) is 60.4 Å². The number of fused-ring (bicyclic) bond motifs is 9. The summed E-state index contributed by atoms with van der Waals surface area (Å²) in [6, 6.07) is 16.8. The lowest BCUT2D eigenvalue weighted by atomic mass is 9.94. The van der Waals surface area contributed by atoms with Crippen LogP contribution in [-0.4, -0.2) is 46.6 Å². The predicted molar refractivity (Wildman–Crippen MR) is 132 cm³/mol. The van der Waals surface area contributed by atoms with E-state index in [9.17, 15) is 4.79 Å². The quantitative estimate of drug-likeness (QED) is 0.488. The van der Waals surface area contributed by atoms with Crippen LogP contribution in [0.3, 0.4) is 0 Å². The van der Waals surface area contributed by atoms with E-state index in [4.69, 9.17) is 9.97 Å². The van der Waals surface area contributed by atoms with Crippen LogP contribution in [0.15, 0.2) is 54.7 Å². The van der Waals surface area contributed by atoms with E-state index in [0.29, 0.717) is 0 Å². The summed E-state index contributed by atoms with van der Waals surface area (Å²) >= 11 is 0. The van der Waals surface area contributed by atoms with E-state index in [1.807, 2.05) is 18.3 Å². The fourth-order valence-electron chi connectivity index (χ4n) is 5.86. The zero-order valence-corrected chi connectivity index (χ0v) is 19.1. The van der Waals surface area contributed by atoms with Crippen molar-refractivity contribution in [3.05, 3.63) is 77.2 Å². The standard InChI is InChI=1S/C27H26N6O/c1-16-3-2-4-19-25(16)23-14-21(31-27(19)34)26-30-20-7-5-17(13-22(20)33(23)26)18-6-8-24(29-15-18)32-11-9-28-10-12-32/h2-8,13,15,21,23,28H,9-12,14H2,1H3,(H,31,34). The van der Waals surface area contributed by atoms with Crippen molar-refractivity contribution < 1.29 is 4.79 Å². The highest BCUT2D eigenvalue weighted by Gasteiger charge is 2.41. The summed E-state index contributed by atoms with van der Waals surface area (Å²) in [5.41, 5.74) is 7.35. The number of imidazole rings is 1. The van der Waals surface area contributed by atoms with Crippen molar-refractivity contribution in [2.45, 2.75) is 25.4 Å². The van der Waals surface area contributed by atoms with E-state index < -0.39 is 0 Å². The fourth-order valence-corrected chi connectivity index (χ4v) is 5.86. The normalized spacial score (nSPS) is 21.2. The van der Waals surface area contributed by atoms with Crippen LogP contribution in [0.4, 0.5) is 5.82 Å². The van der Waals surface area contributed by atoms with Crippen molar-refractivity contribution in [2.75, 3.05) is 31.1 Å². The lowest BCUT2D eigenvalue weighted by molar-refractivity contribution is 0.0938. The van der Waals surface area contributed by atoms with Crippen LogP contribution >= 0.6 is 0 Å². The number of benzene rings is 2. The van der Waals surface area contributed by atoms with E-state index in [2.05, 4.69) is 63.4 Å². The van der Waals surface area contributed by atoms with Gasteiger partial charge in [-0.3, -0.25) is 4.79 Å². The maximum absolute atomic E-state index is 12.9. The van der Waals surface area contributed by atoms with E-state index in [1.165, 1.54) is 0 Å². The summed E-state index contributed by atoms with van der Waals surface area (Å²) in [4.78, 5) is 24.9. The molecule has 7 heteroatoms. The molecule has 2 aromatic carbocycles. The summed E-state index contributed by atoms with van der Waals surface area (Å²) in [5, 5.41) is 6.60. The van der Waals surface area contributed by atoms with Crippen LogP contribution in [0.1, 0.15) is 45.8 Å². The van der Waals surface area contributed by atoms with Gasteiger partial charge < -0.3 is 20.1 Å². The van der Waals surface area contributed by atoms with E-state index in [1.54, 1.807) is 0 Å². The molecule has 3 aliphatic heterocycles. The Labute approximate surface area is 197 Å². The molecular weight excluding hydrogens is 424 g/mol. The third-order valence-corrected chi connectivity index (χ3v) is 7.53. The van der Waals surface area contributed by atoms with Crippen molar-refractivity contribution in [3.8, 4) is 11.1 Å². The first kappa shape index (κ1) is 19.7. The molecule has 1 amide bonds. The minimum absolute atomic E-state index is 0.000783. The first-order valence-corrected chi connectivity index (χ1v) is 12.0. The highest BCUT2D eigenvalue weighted by molar-refractivity contribution is 5.97. The number of carbonyl (C=O) groups is 1. The smallest absolute Gasteiger partial charge is 0.252 e. The molecule has 2 aromatic heterocycles. The van der Waals surface area contributed by atoms with Gasteiger partial charge in [-0.25, -0.2) is 9.97 Å². The number of amides is 1. The van der Waals surface area contributed by atoms with Crippen molar-refractivity contribution in [1.82, 2.24) is 25.2 Å². The second-order valence-electron chi connectivity index (χ2n) is 9.50. The van der Waals surface area contributed by atoms with Crippen molar-refractivity contribution >= 4 is 22.8 Å². The number of nitrogens with one attached hydrogen (secondary N) is 2. The Bertz CT molecular complexity index is 1430. The lowest BCUT2D eigenvalue weighted by Crippen LogP contribution is -2.43. The molecule has 4 aromatic rings. The molecular formula is C27H26N6O. The second kappa shape index (κ2) is 7.40.